The highest BCUT2D eigenvalue weighted by Gasteiger charge is 2.32. The molecule has 1 N–H and O–H groups in total. The average molecular weight is 469 g/mol. The number of thiophene rings is 2. The van der Waals surface area contributed by atoms with E-state index < -0.39 is 45.4 Å². The first-order valence-corrected chi connectivity index (χ1v) is 9.61. The number of nitrogens with one attached hydrogen (secondary N) is 1. The normalized spacial score (nSPS) is 11.0. The summed E-state index contributed by atoms with van der Waals surface area (Å²) in [5.74, 6) is -6.07. The third-order valence-electron chi connectivity index (χ3n) is 4.06. The van der Waals surface area contributed by atoms with Crippen molar-refractivity contribution in [3.05, 3.63) is 55.0 Å². The molecule has 0 aliphatic heterocycles. The molecule has 15 heteroatoms. The molecule has 4 rings (SSSR count). The number of carbonyl (C=O) groups is 1. The number of nitro benzene ring substituents is 1. The van der Waals surface area contributed by atoms with Crippen LogP contribution in [0.5, 0.6) is 0 Å². The minimum Gasteiger partial charge on any atom is -0.465 e. The number of anilines is 2. The Balaban J connectivity index is 1.83. The summed E-state index contributed by atoms with van der Waals surface area (Å²) < 4.78 is 54.3. The minimum atomic E-state index is -1.88. The minimum absolute atomic E-state index is 0.0704. The van der Waals surface area contributed by atoms with E-state index in [9.17, 15) is 28.1 Å². The van der Waals surface area contributed by atoms with E-state index in [1.54, 1.807) is 0 Å². The molecule has 0 fully saturated rings. The number of carbonyl (C=O) groups excluding carboxylic acids is 1. The van der Waals surface area contributed by atoms with Crippen LogP contribution in [-0.2, 0) is 4.74 Å². The van der Waals surface area contributed by atoms with Gasteiger partial charge in [0.05, 0.1) is 26.4 Å². The number of nitro groups is 1. The van der Waals surface area contributed by atoms with E-state index in [0.717, 1.165) is 22.7 Å². The van der Waals surface area contributed by atoms with Crippen molar-refractivity contribution in [1.82, 2.24) is 0 Å². The van der Waals surface area contributed by atoms with Gasteiger partial charge in [0.15, 0.2) is 17.3 Å². The molecule has 0 radical (unpaired) electrons. The Hall–Kier alpha value is -3.81. The molecule has 0 atom stereocenters. The van der Waals surface area contributed by atoms with Gasteiger partial charge in [-0.25, -0.2) is 13.6 Å². The second kappa shape index (κ2) is 7.46. The summed E-state index contributed by atoms with van der Waals surface area (Å²) in [7, 11) is 1.22. The Morgan fingerprint density at radius 2 is 1.90 bits per heavy atom. The number of hydrogen-bond donors (Lipinski definition) is 1. The Labute approximate surface area is 176 Å². The van der Waals surface area contributed by atoms with E-state index in [4.69, 9.17) is 9.95 Å². The number of esters is 1. The van der Waals surface area contributed by atoms with E-state index in [-0.39, 0.29) is 9.88 Å². The number of benzene rings is 1. The van der Waals surface area contributed by atoms with Crippen LogP contribution >= 0.6 is 22.7 Å². The van der Waals surface area contributed by atoms with Gasteiger partial charge in [0, 0.05) is 17.0 Å². The maximum atomic E-state index is 14.5. The number of hydrogen-bond acceptors (Lipinski definition) is 9. The molecule has 1 aromatic carbocycles. The van der Waals surface area contributed by atoms with Crippen molar-refractivity contribution in [3.8, 4) is 0 Å². The molecule has 0 spiro atoms. The van der Waals surface area contributed by atoms with Gasteiger partial charge in [-0.15, -0.1) is 22.7 Å². The molecule has 0 saturated carbocycles. The van der Waals surface area contributed by atoms with Crippen LogP contribution in [0.2, 0.25) is 0 Å². The molecule has 0 saturated heterocycles. The molecule has 0 amide bonds. The van der Waals surface area contributed by atoms with Gasteiger partial charge in [-0.2, -0.15) is 4.39 Å². The fourth-order valence-corrected chi connectivity index (χ4v) is 4.91. The number of nitrogens with zero attached hydrogens (tertiary/aromatic N) is 4. The Bertz CT molecular complexity index is 1450. The summed E-state index contributed by atoms with van der Waals surface area (Å²) in [6.07, 6.45) is 0. The average Bonchev–Trinajstić information content (AvgIpc) is 3.39. The van der Waals surface area contributed by atoms with Gasteiger partial charge in [0.1, 0.15) is 21.7 Å². The summed E-state index contributed by atoms with van der Waals surface area (Å²) in [5, 5.41) is 16.3. The molecular weight excluding hydrogens is 463 g/mol. The summed E-state index contributed by atoms with van der Waals surface area (Å²) in [6.45, 7) is 0. The largest absolute Gasteiger partial charge is 0.465 e. The van der Waals surface area contributed by atoms with Crippen LogP contribution in [0.15, 0.2) is 21.7 Å². The Morgan fingerprint density at radius 3 is 2.55 bits per heavy atom. The second-order valence-electron chi connectivity index (χ2n) is 5.79. The molecule has 3 heterocycles. The molecule has 4 aromatic rings. The molecule has 3 aromatic heterocycles. The van der Waals surface area contributed by atoms with Crippen LogP contribution in [0.3, 0.4) is 0 Å². The van der Waals surface area contributed by atoms with E-state index in [1.807, 2.05) is 0 Å². The molecular formula is C16H6F3N5O5S2. The summed E-state index contributed by atoms with van der Waals surface area (Å²) in [4.78, 5) is 24.1. The number of ether oxygens (including phenoxy) is 1. The fourth-order valence-electron chi connectivity index (χ4n) is 2.78. The van der Waals surface area contributed by atoms with Crippen LogP contribution in [0, 0.1) is 27.6 Å². The number of furan rings is 1. The highest BCUT2D eigenvalue weighted by molar-refractivity contribution is 7.29. The lowest BCUT2D eigenvalue weighted by molar-refractivity contribution is -0.386. The van der Waals surface area contributed by atoms with Crippen LogP contribution in [0.4, 0.5) is 35.2 Å². The summed E-state index contributed by atoms with van der Waals surface area (Å²) in [6, 6.07) is 2.83. The van der Waals surface area contributed by atoms with Gasteiger partial charge >= 0.3 is 11.7 Å². The van der Waals surface area contributed by atoms with Gasteiger partial charge < -0.3 is 14.5 Å². The number of rotatable bonds is 5. The molecule has 0 bridgehead atoms. The Morgan fingerprint density at radius 1 is 1.23 bits per heavy atom. The third-order valence-corrected chi connectivity index (χ3v) is 6.35. The quantitative estimate of drug-likeness (QED) is 0.0671. The zero-order valence-corrected chi connectivity index (χ0v) is 16.6. The van der Waals surface area contributed by atoms with Crippen LogP contribution in [0.25, 0.3) is 31.0 Å². The lowest BCUT2D eigenvalue weighted by Crippen LogP contribution is -2.05. The number of fused-ring (bicyclic) bond motifs is 3. The number of methoxy groups -OCH3 is 1. The first-order chi connectivity index (χ1) is 14.8. The first-order valence-electron chi connectivity index (χ1n) is 7.98. The third kappa shape index (κ3) is 3.20. The van der Waals surface area contributed by atoms with Crippen molar-refractivity contribution < 1.29 is 32.0 Å². The van der Waals surface area contributed by atoms with Gasteiger partial charge in [-0.3, -0.25) is 10.1 Å². The van der Waals surface area contributed by atoms with Gasteiger partial charge in [-0.05, 0) is 5.53 Å². The number of halogens is 3. The zero-order valence-electron chi connectivity index (χ0n) is 14.9. The SMILES string of the molecule is COC(=O)c1cc2oc3cc(Nc4c(F)c(F)c(N=[N+]=[N-])c(F)c4[N+](=O)[O-])sc3c2s1. The lowest BCUT2D eigenvalue weighted by Gasteiger charge is -2.09. The van der Waals surface area contributed by atoms with Gasteiger partial charge in [0.2, 0.25) is 5.82 Å². The van der Waals surface area contributed by atoms with Crippen LogP contribution in [0.1, 0.15) is 9.67 Å². The fraction of sp³-hybridized carbons (Fsp3) is 0.0625. The predicted octanol–water partition coefficient (Wildman–Crippen LogP) is 6.51. The monoisotopic (exact) mass is 469 g/mol. The lowest BCUT2D eigenvalue weighted by atomic mass is 10.2. The molecule has 10 nitrogen and oxygen atoms in total. The maximum absolute atomic E-state index is 14.5. The van der Waals surface area contributed by atoms with Gasteiger partial charge in [-0.1, -0.05) is 5.11 Å². The van der Waals surface area contributed by atoms with Gasteiger partial charge in [0.25, 0.3) is 0 Å². The van der Waals surface area contributed by atoms with Crippen molar-refractivity contribution in [2.45, 2.75) is 0 Å². The highest BCUT2D eigenvalue weighted by atomic mass is 32.1. The van der Waals surface area contributed by atoms with E-state index in [2.05, 4.69) is 20.1 Å². The molecule has 0 aliphatic rings. The second-order valence-corrected chi connectivity index (χ2v) is 7.89. The highest BCUT2D eigenvalue weighted by Crippen LogP contribution is 2.45. The molecule has 0 unspecified atom stereocenters. The summed E-state index contributed by atoms with van der Waals surface area (Å²) in [5.41, 5.74) is 5.10. The van der Waals surface area contributed by atoms with Crippen molar-refractivity contribution in [1.29, 1.82) is 0 Å². The predicted molar refractivity (Wildman–Crippen MR) is 106 cm³/mol. The Kier molecular flexibility index (Phi) is 4.93. The molecule has 0 aliphatic carbocycles. The van der Waals surface area contributed by atoms with Crippen LogP contribution < -0.4 is 5.32 Å². The number of azide groups is 1. The zero-order chi connectivity index (χ0) is 22.4. The van der Waals surface area contributed by atoms with E-state index in [0.29, 0.717) is 20.6 Å². The van der Waals surface area contributed by atoms with E-state index in [1.165, 1.54) is 19.2 Å². The van der Waals surface area contributed by atoms with Crippen molar-refractivity contribution >= 4 is 71.3 Å². The van der Waals surface area contributed by atoms with Crippen LogP contribution in [-0.4, -0.2) is 18.0 Å². The van der Waals surface area contributed by atoms with Crippen molar-refractivity contribution in [3.63, 3.8) is 0 Å². The molecule has 31 heavy (non-hydrogen) atoms. The van der Waals surface area contributed by atoms with E-state index >= 15 is 0 Å². The summed E-state index contributed by atoms with van der Waals surface area (Å²) >= 11 is 2.03. The first kappa shape index (κ1) is 20.5. The standard InChI is InChI=1S/C16H6F3N5O5S2/c1-28-16(25)6-2-4-14(30-6)15-5(29-4)3-7(31-15)21-12-9(18)8(17)11(22-23-20)10(19)13(12)24(26)27/h2-3,21H,1H3. The van der Waals surface area contributed by atoms with Crippen molar-refractivity contribution in [2.24, 2.45) is 5.11 Å². The maximum Gasteiger partial charge on any atom is 0.348 e. The smallest absolute Gasteiger partial charge is 0.348 e. The van der Waals surface area contributed by atoms with Crippen molar-refractivity contribution in [2.75, 3.05) is 12.4 Å². The molecule has 158 valence electrons. The topological polar surface area (TPSA) is 143 Å².